The van der Waals surface area contributed by atoms with Gasteiger partial charge in [-0.3, -0.25) is 14.2 Å². The van der Waals surface area contributed by atoms with Gasteiger partial charge >= 0.3 is 0 Å². The highest BCUT2D eigenvalue weighted by Gasteiger charge is 2.33. The first kappa shape index (κ1) is 17.2. The maximum absolute atomic E-state index is 12.5. The topological polar surface area (TPSA) is 87.8 Å². The van der Waals surface area contributed by atoms with Gasteiger partial charge in [0.15, 0.2) is 0 Å². The van der Waals surface area contributed by atoms with Crippen molar-refractivity contribution < 1.29 is 4.79 Å². The van der Waals surface area contributed by atoms with Gasteiger partial charge in [0.05, 0.1) is 23.3 Å². The maximum Gasteiger partial charge on any atom is 0.261 e. The van der Waals surface area contributed by atoms with Crippen molar-refractivity contribution in [1.29, 1.82) is 5.26 Å². The first-order chi connectivity index (χ1) is 12.0. The summed E-state index contributed by atoms with van der Waals surface area (Å²) in [6.07, 6.45) is 6.07. The van der Waals surface area contributed by atoms with Crippen LogP contribution in [0.25, 0.3) is 10.9 Å². The molecule has 0 aliphatic heterocycles. The molecule has 1 fully saturated rings. The number of carbonyl (C=O) groups excluding carboxylic acids is 1. The Balaban J connectivity index is 1.70. The van der Waals surface area contributed by atoms with Crippen LogP contribution in [0, 0.1) is 18.3 Å². The molecule has 0 spiro atoms. The lowest BCUT2D eigenvalue weighted by atomic mass is 9.83. The van der Waals surface area contributed by atoms with Crippen molar-refractivity contribution in [2.45, 2.75) is 57.5 Å². The van der Waals surface area contributed by atoms with Crippen LogP contribution in [0.15, 0.2) is 29.3 Å². The molecular weight excluding hydrogens is 316 g/mol. The molecule has 6 heteroatoms. The number of rotatable bonds is 4. The van der Waals surface area contributed by atoms with E-state index >= 15 is 0 Å². The third kappa shape index (κ3) is 3.55. The fraction of sp³-hybridized carbons (Fsp3) is 0.474. The number of nitriles is 1. The van der Waals surface area contributed by atoms with Crippen molar-refractivity contribution in [3.63, 3.8) is 0 Å². The van der Waals surface area contributed by atoms with Gasteiger partial charge in [0.25, 0.3) is 5.56 Å². The molecule has 1 aliphatic carbocycles. The van der Waals surface area contributed by atoms with Gasteiger partial charge in [0.1, 0.15) is 5.54 Å². The predicted molar refractivity (Wildman–Crippen MR) is 94.9 cm³/mol. The van der Waals surface area contributed by atoms with E-state index in [0.29, 0.717) is 23.7 Å². The van der Waals surface area contributed by atoms with Crippen molar-refractivity contribution in [1.82, 2.24) is 14.9 Å². The Morgan fingerprint density at radius 1 is 1.36 bits per heavy atom. The van der Waals surface area contributed by atoms with Gasteiger partial charge in [0.2, 0.25) is 5.91 Å². The van der Waals surface area contributed by atoms with E-state index in [0.717, 1.165) is 24.8 Å². The number of amides is 1. The third-order valence-electron chi connectivity index (χ3n) is 4.93. The number of hydrogen-bond acceptors (Lipinski definition) is 4. The van der Waals surface area contributed by atoms with Crippen LogP contribution in [0.1, 0.15) is 44.1 Å². The number of aryl methyl sites for hydroxylation is 2. The summed E-state index contributed by atoms with van der Waals surface area (Å²) in [4.78, 5) is 29.2. The predicted octanol–water partition coefficient (Wildman–Crippen LogP) is 2.44. The number of hydrogen-bond donors (Lipinski definition) is 1. The second-order valence-corrected chi connectivity index (χ2v) is 6.77. The summed E-state index contributed by atoms with van der Waals surface area (Å²) >= 11 is 0. The molecule has 1 saturated carbocycles. The standard InChI is InChI=1S/C19H22N4O2/c1-14-6-5-7-15-17(14)21-13-23(18(15)25)11-8-16(24)22-19(12-20)9-3-2-4-10-19/h5-7,13H,2-4,8-11H2,1H3,(H,22,24). The number of para-hydroxylation sites is 1. The molecule has 0 unspecified atom stereocenters. The zero-order valence-corrected chi connectivity index (χ0v) is 14.4. The molecule has 2 aromatic rings. The highest BCUT2D eigenvalue weighted by molar-refractivity contribution is 5.80. The van der Waals surface area contributed by atoms with Crippen molar-refractivity contribution in [2.75, 3.05) is 0 Å². The van der Waals surface area contributed by atoms with Gasteiger partial charge in [-0.05, 0) is 31.4 Å². The molecule has 1 aliphatic rings. The highest BCUT2D eigenvalue weighted by Crippen LogP contribution is 2.27. The van der Waals surface area contributed by atoms with Crippen molar-refractivity contribution in [2.24, 2.45) is 0 Å². The second kappa shape index (κ2) is 7.06. The van der Waals surface area contributed by atoms with Gasteiger partial charge in [-0.2, -0.15) is 5.26 Å². The molecule has 0 saturated heterocycles. The van der Waals surface area contributed by atoms with Crippen LogP contribution < -0.4 is 10.9 Å². The Labute approximate surface area is 146 Å². The monoisotopic (exact) mass is 338 g/mol. The number of nitrogens with zero attached hydrogens (tertiary/aromatic N) is 3. The molecule has 6 nitrogen and oxygen atoms in total. The van der Waals surface area contributed by atoms with Crippen LogP contribution in [0.5, 0.6) is 0 Å². The summed E-state index contributed by atoms with van der Waals surface area (Å²) in [6, 6.07) is 7.77. The summed E-state index contributed by atoms with van der Waals surface area (Å²) < 4.78 is 1.46. The summed E-state index contributed by atoms with van der Waals surface area (Å²) in [7, 11) is 0. The van der Waals surface area contributed by atoms with E-state index in [2.05, 4.69) is 16.4 Å². The summed E-state index contributed by atoms with van der Waals surface area (Å²) in [6.45, 7) is 2.17. The number of fused-ring (bicyclic) bond motifs is 1. The molecule has 130 valence electrons. The Bertz CT molecular complexity index is 888. The molecule has 1 N–H and O–H groups in total. The minimum absolute atomic E-state index is 0.144. The Morgan fingerprint density at radius 2 is 2.12 bits per heavy atom. The maximum atomic E-state index is 12.5. The molecule has 0 radical (unpaired) electrons. The molecule has 3 rings (SSSR count). The average molecular weight is 338 g/mol. The summed E-state index contributed by atoms with van der Waals surface area (Å²) in [5.74, 6) is -0.195. The molecule has 25 heavy (non-hydrogen) atoms. The first-order valence-electron chi connectivity index (χ1n) is 8.72. The van der Waals surface area contributed by atoms with Crippen molar-refractivity contribution >= 4 is 16.8 Å². The minimum atomic E-state index is -0.737. The Kier molecular flexibility index (Phi) is 4.84. The Morgan fingerprint density at radius 3 is 2.84 bits per heavy atom. The summed E-state index contributed by atoms with van der Waals surface area (Å²) in [5.41, 5.74) is 0.764. The fourth-order valence-electron chi connectivity index (χ4n) is 3.47. The van der Waals surface area contributed by atoms with Crippen LogP contribution in [-0.4, -0.2) is 21.0 Å². The lowest BCUT2D eigenvalue weighted by Gasteiger charge is -2.31. The van der Waals surface area contributed by atoms with E-state index < -0.39 is 5.54 Å². The van der Waals surface area contributed by atoms with Crippen molar-refractivity contribution in [3.8, 4) is 6.07 Å². The van der Waals surface area contributed by atoms with Crippen LogP contribution in [0.3, 0.4) is 0 Å². The molecule has 1 heterocycles. The molecule has 1 aromatic carbocycles. The van der Waals surface area contributed by atoms with Crippen LogP contribution in [0.2, 0.25) is 0 Å². The van der Waals surface area contributed by atoms with E-state index in [4.69, 9.17) is 0 Å². The first-order valence-corrected chi connectivity index (χ1v) is 8.72. The van der Waals surface area contributed by atoms with E-state index in [1.165, 1.54) is 10.9 Å². The van der Waals surface area contributed by atoms with Crippen LogP contribution in [0.4, 0.5) is 0 Å². The van der Waals surface area contributed by atoms with Crippen LogP contribution in [-0.2, 0) is 11.3 Å². The number of carbonyl (C=O) groups is 1. The lowest BCUT2D eigenvalue weighted by molar-refractivity contribution is -0.123. The van der Waals surface area contributed by atoms with E-state index in [1.54, 1.807) is 6.07 Å². The zero-order valence-electron chi connectivity index (χ0n) is 14.4. The Hall–Kier alpha value is -2.68. The highest BCUT2D eigenvalue weighted by atomic mass is 16.2. The lowest BCUT2D eigenvalue weighted by Crippen LogP contribution is -2.48. The fourth-order valence-corrected chi connectivity index (χ4v) is 3.47. The minimum Gasteiger partial charge on any atom is -0.338 e. The second-order valence-electron chi connectivity index (χ2n) is 6.77. The van der Waals surface area contributed by atoms with Crippen LogP contribution >= 0.6 is 0 Å². The molecule has 0 bridgehead atoms. The number of aromatic nitrogens is 2. The molecule has 0 atom stereocenters. The van der Waals surface area contributed by atoms with Gasteiger partial charge in [-0.25, -0.2) is 4.98 Å². The SMILES string of the molecule is Cc1cccc2c(=O)n(CCC(=O)NC3(C#N)CCCCC3)cnc12. The number of benzene rings is 1. The number of nitrogens with one attached hydrogen (secondary N) is 1. The van der Waals surface area contributed by atoms with Gasteiger partial charge in [0, 0.05) is 13.0 Å². The van der Waals surface area contributed by atoms with Gasteiger partial charge in [-0.1, -0.05) is 31.4 Å². The normalized spacial score (nSPS) is 16.3. The zero-order chi connectivity index (χ0) is 17.9. The third-order valence-corrected chi connectivity index (χ3v) is 4.93. The molecular formula is C19H22N4O2. The summed E-state index contributed by atoms with van der Waals surface area (Å²) in [5, 5.41) is 12.9. The largest absolute Gasteiger partial charge is 0.338 e. The quantitative estimate of drug-likeness (QED) is 0.927. The van der Waals surface area contributed by atoms with E-state index in [9.17, 15) is 14.9 Å². The van der Waals surface area contributed by atoms with Gasteiger partial charge < -0.3 is 5.32 Å². The molecule has 1 amide bonds. The van der Waals surface area contributed by atoms with Gasteiger partial charge in [-0.15, -0.1) is 0 Å². The smallest absolute Gasteiger partial charge is 0.261 e. The van der Waals surface area contributed by atoms with E-state index in [-0.39, 0.29) is 24.4 Å². The molecule has 1 aromatic heterocycles. The van der Waals surface area contributed by atoms with E-state index in [1.807, 2.05) is 19.1 Å². The van der Waals surface area contributed by atoms with Crippen molar-refractivity contribution in [3.05, 3.63) is 40.4 Å². The average Bonchev–Trinajstić information content (AvgIpc) is 2.62.